The highest BCUT2D eigenvalue weighted by Crippen LogP contribution is 2.39. The van der Waals surface area contributed by atoms with Gasteiger partial charge in [0.15, 0.2) is 0 Å². The number of nitrogens with zero attached hydrogens (tertiary/aromatic N) is 1. The second kappa shape index (κ2) is 8.27. The van der Waals surface area contributed by atoms with Crippen molar-refractivity contribution in [3.63, 3.8) is 0 Å². The highest BCUT2D eigenvalue weighted by atomic mass is 32.2. The minimum atomic E-state index is -0.117. The summed E-state index contributed by atoms with van der Waals surface area (Å²) in [6.45, 7) is 4.84. The van der Waals surface area contributed by atoms with Gasteiger partial charge in [-0.25, -0.2) is 0 Å². The van der Waals surface area contributed by atoms with Gasteiger partial charge >= 0.3 is 0 Å². The van der Waals surface area contributed by atoms with Crippen LogP contribution in [-0.2, 0) is 9.59 Å². The molecule has 1 unspecified atom stereocenters. The van der Waals surface area contributed by atoms with Gasteiger partial charge in [-0.3, -0.25) is 9.59 Å². The molecule has 0 aromatic heterocycles. The van der Waals surface area contributed by atoms with Crippen LogP contribution in [-0.4, -0.2) is 30.2 Å². The van der Waals surface area contributed by atoms with Crippen LogP contribution >= 0.6 is 11.8 Å². The van der Waals surface area contributed by atoms with Crippen molar-refractivity contribution in [3.05, 3.63) is 48.5 Å². The first-order valence-electron chi connectivity index (χ1n) is 8.73. The van der Waals surface area contributed by atoms with Gasteiger partial charge in [-0.05, 0) is 42.8 Å². The van der Waals surface area contributed by atoms with Crippen molar-refractivity contribution in [2.24, 2.45) is 0 Å². The Balaban J connectivity index is 1.65. The Kier molecular flexibility index (Phi) is 5.83. The molecule has 6 heteroatoms. The number of carbonyl (C=O) groups is 2. The van der Waals surface area contributed by atoms with Crippen LogP contribution in [0.1, 0.15) is 20.3 Å². The van der Waals surface area contributed by atoms with E-state index in [0.717, 1.165) is 24.3 Å². The molecule has 2 aromatic carbocycles. The largest absolute Gasteiger partial charge is 0.360 e. The van der Waals surface area contributed by atoms with E-state index in [1.54, 1.807) is 24.3 Å². The highest BCUT2D eigenvalue weighted by Gasteiger charge is 2.25. The minimum absolute atomic E-state index is 0.0474. The second-order valence-electron chi connectivity index (χ2n) is 6.30. The van der Waals surface area contributed by atoms with Gasteiger partial charge < -0.3 is 15.5 Å². The Morgan fingerprint density at radius 1 is 1.08 bits per heavy atom. The van der Waals surface area contributed by atoms with Gasteiger partial charge in [0.05, 0.1) is 12.2 Å². The third-order valence-electron chi connectivity index (χ3n) is 4.20. The Bertz CT molecular complexity index is 792. The van der Waals surface area contributed by atoms with Crippen LogP contribution in [0.25, 0.3) is 0 Å². The Morgan fingerprint density at radius 3 is 2.38 bits per heavy atom. The van der Waals surface area contributed by atoms with Crippen LogP contribution in [0.5, 0.6) is 0 Å². The van der Waals surface area contributed by atoms with E-state index in [9.17, 15) is 9.59 Å². The molecule has 0 aliphatic carbocycles. The zero-order valence-corrected chi connectivity index (χ0v) is 15.8. The molecule has 1 atom stereocenters. The Labute approximate surface area is 158 Å². The molecule has 0 radical (unpaired) electrons. The molecular formula is C20H23N3O2S. The summed E-state index contributed by atoms with van der Waals surface area (Å²) >= 11 is 1.89. The lowest BCUT2D eigenvalue weighted by Crippen LogP contribution is -2.40. The molecule has 1 heterocycles. The van der Waals surface area contributed by atoms with Crippen molar-refractivity contribution in [2.45, 2.75) is 30.4 Å². The predicted octanol–water partition coefficient (Wildman–Crippen LogP) is 3.97. The van der Waals surface area contributed by atoms with E-state index in [1.165, 1.54) is 11.8 Å². The number of amides is 2. The van der Waals surface area contributed by atoms with Crippen LogP contribution in [0.4, 0.5) is 17.1 Å². The lowest BCUT2D eigenvalue weighted by molar-refractivity contribution is -0.115. The van der Waals surface area contributed by atoms with Crippen LogP contribution in [0.3, 0.4) is 0 Å². The second-order valence-corrected chi connectivity index (χ2v) is 7.65. The molecule has 2 aromatic rings. The van der Waals surface area contributed by atoms with Gasteiger partial charge in [0, 0.05) is 35.0 Å². The molecule has 26 heavy (non-hydrogen) atoms. The predicted molar refractivity (Wildman–Crippen MR) is 108 cm³/mol. The molecule has 3 rings (SSSR count). The third kappa shape index (κ3) is 4.58. The maximum atomic E-state index is 12.5. The molecule has 136 valence electrons. The molecular weight excluding hydrogens is 346 g/mol. The van der Waals surface area contributed by atoms with E-state index in [0.29, 0.717) is 17.5 Å². The summed E-state index contributed by atoms with van der Waals surface area (Å²) < 4.78 is 0. The lowest BCUT2D eigenvalue weighted by Gasteiger charge is -2.34. The SMILES string of the molecule is CCC1CN(CC(=O)Nc2ccc(NC(C)=O)cc2)c2ccccc2S1. The molecule has 5 nitrogen and oxygen atoms in total. The number of benzene rings is 2. The van der Waals surface area contributed by atoms with E-state index < -0.39 is 0 Å². The number of para-hydroxylation sites is 1. The Morgan fingerprint density at radius 2 is 1.73 bits per heavy atom. The molecule has 2 amide bonds. The number of rotatable bonds is 5. The topological polar surface area (TPSA) is 61.4 Å². The molecule has 0 saturated heterocycles. The van der Waals surface area contributed by atoms with Crippen molar-refractivity contribution >= 4 is 40.6 Å². The third-order valence-corrected chi connectivity index (χ3v) is 5.62. The average molecular weight is 369 g/mol. The fourth-order valence-corrected chi connectivity index (χ4v) is 4.21. The summed E-state index contributed by atoms with van der Waals surface area (Å²) in [6.07, 6.45) is 1.07. The normalized spacial score (nSPS) is 15.9. The fourth-order valence-electron chi connectivity index (χ4n) is 2.96. The van der Waals surface area contributed by atoms with Crippen LogP contribution in [0.15, 0.2) is 53.4 Å². The fraction of sp³-hybridized carbons (Fsp3) is 0.300. The first-order chi connectivity index (χ1) is 12.5. The maximum Gasteiger partial charge on any atom is 0.243 e. The van der Waals surface area contributed by atoms with E-state index in [1.807, 2.05) is 23.9 Å². The number of carbonyl (C=O) groups excluding carboxylic acids is 2. The van der Waals surface area contributed by atoms with Crippen molar-refractivity contribution in [3.8, 4) is 0 Å². The van der Waals surface area contributed by atoms with Crippen LogP contribution in [0.2, 0.25) is 0 Å². The van der Waals surface area contributed by atoms with Gasteiger partial charge in [-0.15, -0.1) is 11.8 Å². The van der Waals surface area contributed by atoms with Gasteiger partial charge in [0.2, 0.25) is 11.8 Å². The van der Waals surface area contributed by atoms with E-state index in [4.69, 9.17) is 0 Å². The standard InChI is InChI=1S/C20H23N3O2S/c1-3-17-12-23(18-6-4-5-7-19(18)26-17)13-20(25)22-16-10-8-15(9-11-16)21-14(2)24/h4-11,17H,3,12-13H2,1-2H3,(H,21,24)(H,22,25). The number of hydrogen-bond acceptors (Lipinski definition) is 4. The number of fused-ring (bicyclic) bond motifs is 1. The van der Waals surface area contributed by atoms with Gasteiger partial charge in [-0.1, -0.05) is 19.1 Å². The maximum absolute atomic E-state index is 12.5. The quantitative estimate of drug-likeness (QED) is 0.837. The van der Waals surface area contributed by atoms with Crippen molar-refractivity contribution < 1.29 is 9.59 Å². The summed E-state index contributed by atoms with van der Waals surface area (Å²) in [7, 11) is 0. The first-order valence-corrected chi connectivity index (χ1v) is 9.61. The van der Waals surface area contributed by atoms with Crippen LogP contribution in [0, 0.1) is 0 Å². The molecule has 0 spiro atoms. The summed E-state index contributed by atoms with van der Waals surface area (Å²) in [5.74, 6) is -0.164. The van der Waals surface area contributed by atoms with Gasteiger partial charge in [0.1, 0.15) is 0 Å². The number of nitrogens with one attached hydrogen (secondary N) is 2. The zero-order valence-electron chi connectivity index (χ0n) is 15.0. The summed E-state index contributed by atoms with van der Waals surface area (Å²) in [4.78, 5) is 27.0. The molecule has 1 aliphatic heterocycles. The van der Waals surface area contributed by atoms with Gasteiger partial charge in [-0.2, -0.15) is 0 Å². The molecule has 0 fully saturated rings. The molecule has 2 N–H and O–H groups in total. The number of anilines is 3. The molecule has 0 bridgehead atoms. The number of hydrogen-bond donors (Lipinski definition) is 2. The van der Waals surface area contributed by atoms with Gasteiger partial charge in [0.25, 0.3) is 0 Å². The summed E-state index contributed by atoms with van der Waals surface area (Å²) in [6, 6.07) is 15.4. The van der Waals surface area contributed by atoms with Crippen LogP contribution < -0.4 is 15.5 Å². The molecule has 1 aliphatic rings. The lowest BCUT2D eigenvalue weighted by atomic mass is 10.2. The van der Waals surface area contributed by atoms with E-state index >= 15 is 0 Å². The van der Waals surface area contributed by atoms with Crippen molar-refractivity contribution in [1.29, 1.82) is 0 Å². The monoisotopic (exact) mass is 369 g/mol. The van der Waals surface area contributed by atoms with Crippen molar-refractivity contribution in [2.75, 3.05) is 28.6 Å². The van der Waals surface area contributed by atoms with E-state index in [-0.39, 0.29) is 11.8 Å². The highest BCUT2D eigenvalue weighted by molar-refractivity contribution is 8.00. The molecule has 0 saturated carbocycles. The van der Waals surface area contributed by atoms with Crippen molar-refractivity contribution in [1.82, 2.24) is 0 Å². The summed E-state index contributed by atoms with van der Waals surface area (Å²) in [5, 5.41) is 6.14. The first kappa shape index (κ1) is 18.3. The zero-order chi connectivity index (χ0) is 18.5. The average Bonchev–Trinajstić information content (AvgIpc) is 2.62. The number of thioether (sulfide) groups is 1. The van der Waals surface area contributed by atoms with E-state index in [2.05, 4.69) is 34.6 Å². The Hall–Kier alpha value is -2.47. The minimum Gasteiger partial charge on any atom is -0.360 e. The summed E-state index contributed by atoms with van der Waals surface area (Å²) in [5.41, 5.74) is 2.55. The smallest absolute Gasteiger partial charge is 0.243 e.